The van der Waals surface area contributed by atoms with Crippen LogP contribution in [0.3, 0.4) is 0 Å². The highest BCUT2D eigenvalue weighted by atomic mass is 32.2. The van der Waals surface area contributed by atoms with Crippen LogP contribution in [0, 0.1) is 12.8 Å². The number of amides is 1. The van der Waals surface area contributed by atoms with E-state index in [2.05, 4.69) is 4.72 Å². The van der Waals surface area contributed by atoms with Crippen LogP contribution < -0.4 is 9.03 Å². The smallest absolute Gasteiger partial charge is 0.244 e. The lowest BCUT2D eigenvalue weighted by atomic mass is 10.2. The topological polar surface area (TPSA) is 117 Å². The molecule has 1 aliphatic rings. The van der Waals surface area contributed by atoms with Gasteiger partial charge in [-0.1, -0.05) is 6.92 Å². The average molecular weight is 456 g/mol. The fourth-order valence-electron chi connectivity index (χ4n) is 3.43. The monoisotopic (exact) mass is 455 g/mol. The van der Waals surface area contributed by atoms with E-state index in [1.54, 1.807) is 26.0 Å². The second kappa shape index (κ2) is 8.14. The van der Waals surface area contributed by atoms with Crippen molar-refractivity contribution in [2.24, 2.45) is 5.92 Å². The minimum Gasteiger partial charge on any atom is -0.468 e. The van der Waals surface area contributed by atoms with Crippen molar-refractivity contribution in [1.29, 1.82) is 0 Å². The Bertz CT molecular complexity index is 1140. The Morgan fingerprint density at radius 1 is 1.30 bits per heavy atom. The molecule has 1 saturated heterocycles. The van der Waals surface area contributed by atoms with Crippen molar-refractivity contribution in [3.8, 4) is 0 Å². The van der Waals surface area contributed by atoms with Crippen molar-refractivity contribution in [3.05, 3.63) is 47.9 Å². The summed E-state index contributed by atoms with van der Waals surface area (Å²) >= 11 is 0. The lowest BCUT2D eigenvalue weighted by molar-refractivity contribution is -0.119. The van der Waals surface area contributed by atoms with Crippen LogP contribution in [0.5, 0.6) is 0 Å². The summed E-state index contributed by atoms with van der Waals surface area (Å²) in [5, 5.41) is 0. The number of sulfonamides is 2. The van der Waals surface area contributed by atoms with E-state index < -0.39 is 31.9 Å². The van der Waals surface area contributed by atoms with Gasteiger partial charge in [0.25, 0.3) is 0 Å². The van der Waals surface area contributed by atoms with Crippen molar-refractivity contribution in [2.45, 2.75) is 24.8 Å². The van der Waals surface area contributed by atoms with Gasteiger partial charge in [0, 0.05) is 6.54 Å². The summed E-state index contributed by atoms with van der Waals surface area (Å²) in [6.07, 6.45) is 1.53. The first-order valence-corrected chi connectivity index (χ1v) is 12.4. The van der Waals surface area contributed by atoms with Gasteiger partial charge in [0.05, 0.1) is 34.6 Å². The highest BCUT2D eigenvalue weighted by molar-refractivity contribution is 7.94. The van der Waals surface area contributed by atoms with E-state index in [0.717, 1.165) is 4.31 Å². The van der Waals surface area contributed by atoms with Gasteiger partial charge in [-0.15, -0.1) is 0 Å². The molecule has 1 aliphatic heterocycles. The molecule has 1 aromatic carbocycles. The molecule has 0 bridgehead atoms. The molecule has 0 unspecified atom stereocenters. The summed E-state index contributed by atoms with van der Waals surface area (Å²) in [4.78, 5) is 14.1. The molecule has 30 heavy (non-hydrogen) atoms. The highest BCUT2D eigenvalue weighted by Gasteiger charge is 2.42. The molecule has 3 rings (SSSR count). The van der Waals surface area contributed by atoms with Crippen molar-refractivity contribution in [1.82, 2.24) is 9.62 Å². The van der Waals surface area contributed by atoms with Gasteiger partial charge in [0.2, 0.25) is 26.0 Å². The zero-order valence-corrected chi connectivity index (χ0v) is 18.8. The maximum atomic E-state index is 12.9. The Labute approximate surface area is 176 Å². The van der Waals surface area contributed by atoms with E-state index in [1.807, 2.05) is 19.0 Å². The Hall–Kier alpha value is -2.21. The molecule has 0 aliphatic carbocycles. The zero-order valence-electron chi connectivity index (χ0n) is 17.2. The van der Waals surface area contributed by atoms with Gasteiger partial charge < -0.3 is 4.42 Å². The minimum absolute atomic E-state index is 0.0142. The van der Waals surface area contributed by atoms with Gasteiger partial charge in [-0.2, -0.15) is 0 Å². The lowest BCUT2D eigenvalue weighted by Crippen LogP contribution is -2.34. The number of carbonyl (C=O) groups is 1. The van der Waals surface area contributed by atoms with E-state index in [-0.39, 0.29) is 28.9 Å². The Morgan fingerprint density at radius 2 is 2.00 bits per heavy atom. The summed E-state index contributed by atoms with van der Waals surface area (Å²) in [6, 6.07) is 7.26. The third-order valence-corrected chi connectivity index (χ3v) is 8.46. The number of anilines is 1. The maximum Gasteiger partial charge on any atom is 0.244 e. The van der Waals surface area contributed by atoms with Crippen LogP contribution >= 0.6 is 0 Å². The number of hydrogen-bond donors (Lipinski definition) is 1. The normalized spacial score (nSPS) is 20.1. The molecule has 1 N–H and O–H groups in total. The molecule has 0 spiro atoms. The van der Waals surface area contributed by atoms with Crippen LogP contribution in [0.4, 0.5) is 5.69 Å². The molecule has 164 valence electrons. The molecule has 1 fully saturated rings. The van der Waals surface area contributed by atoms with Crippen molar-refractivity contribution in [3.63, 3.8) is 0 Å². The van der Waals surface area contributed by atoms with E-state index in [1.165, 1.54) is 24.5 Å². The number of hydrogen-bond acceptors (Lipinski definition) is 7. The van der Waals surface area contributed by atoms with E-state index in [0.29, 0.717) is 11.3 Å². The summed E-state index contributed by atoms with van der Waals surface area (Å²) in [6.45, 7) is 3.20. The van der Waals surface area contributed by atoms with Gasteiger partial charge in [-0.25, -0.2) is 25.9 Å². The van der Waals surface area contributed by atoms with Gasteiger partial charge >= 0.3 is 0 Å². The van der Waals surface area contributed by atoms with Crippen molar-refractivity contribution in [2.75, 3.05) is 30.7 Å². The first-order valence-electron chi connectivity index (χ1n) is 9.31. The van der Waals surface area contributed by atoms with Gasteiger partial charge in [0.1, 0.15) is 5.76 Å². The predicted molar refractivity (Wildman–Crippen MR) is 112 cm³/mol. The number of benzene rings is 1. The maximum absolute atomic E-state index is 12.9. The standard InChI is InChI=1S/C19H25N3O6S2/c1-13-10-15(22-19(23)14(2)12-29(22,24)25)7-8-18(13)30(26,27)20-11-16(21(3)4)17-6-5-9-28-17/h5-10,14,16,20H,11-12H2,1-4H3/t14-,16-/m0/s1. The van der Waals surface area contributed by atoms with Crippen molar-refractivity contribution >= 4 is 31.6 Å². The molecule has 2 atom stereocenters. The fourth-order valence-corrected chi connectivity index (χ4v) is 6.51. The number of aryl methyl sites for hydroxylation is 1. The molecule has 0 saturated carbocycles. The summed E-state index contributed by atoms with van der Waals surface area (Å²) < 4.78 is 59.0. The molecule has 11 heteroatoms. The summed E-state index contributed by atoms with van der Waals surface area (Å²) in [7, 11) is -4.00. The quantitative estimate of drug-likeness (QED) is 0.672. The van der Waals surface area contributed by atoms with Gasteiger partial charge in [0.15, 0.2) is 0 Å². The van der Waals surface area contributed by atoms with Crippen LogP contribution in [0.1, 0.15) is 24.3 Å². The van der Waals surface area contributed by atoms with Gasteiger partial charge in [-0.05, 0) is 56.9 Å². The number of carbonyl (C=O) groups excluding carboxylic acids is 1. The molecule has 9 nitrogen and oxygen atoms in total. The Morgan fingerprint density at radius 3 is 2.50 bits per heavy atom. The number of nitrogens with one attached hydrogen (secondary N) is 1. The number of likely N-dealkylation sites (N-methyl/N-ethyl adjacent to an activating group) is 1. The number of rotatable bonds is 7. The molecular weight excluding hydrogens is 430 g/mol. The average Bonchev–Trinajstić information content (AvgIpc) is 3.21. The first-order chi connectivity index (χ1) is 13.9. The lowest BCUT2D eigenvalue weighted by Gasteiger charge is -2.23. The predicted octanol–water partition coefficient (Wildman–Crippen LogP) is 1.48. The number of furan rings is 1. The second-order valence-electron chi connectivity index (χ2n) is 7.58. The highest BCUT2D eigenvalue weighted by Crippen LogP contribution is 2.30. The van der Waals surface area contributed by atoms with Crippen LogP contribution in [0.15, 0.2) is 45.9 Å². The third-order valence-electron chi connectivity index (χ3n) is 5.00. The summed E-state index contributed by atoms with van der Waals surface area (Å²) in [5.74, 6) is -0.785. The summed E-state index contributed by atoms with van der Waals surface area (Å²) in [5.41, 5.74) is 0.476. The zero-order chi connectivity index (χ0) is 22.3. The third kappa shape index (κ3) is 4.29. The largest absolute Gasteiger partial charge is 0.468 e. The molecular formula is C19H25N3O6S2. The number of nitrogens with zero attached hydrogens (tertiary/aromatic N) is 2. The van der Waals surface area contributed by atoms with Crippen LogP contribution in [-0.2, 0) is 24.8 Å². The van der Waals surface area contributed by atoms with E-state index in [4.69, 9.17) is 4.42 Å². The molecule has 1 amide bonds. The molecule has 2 aromatic rings. The van der Waals surface area contributed by atoms with Gasteiger partial charge in [-0.3, -0.25) is 9.69 Å². The van der Waals surface area contributed by atoms with Crippen LogP contribution in [0.2, 0.25) is 0 Å². The first kappa shape index (κ1) is 22.5. The minimum atomic E-state index is -3.88. The fraction of sp³-hybridized carbons (Fsp3) is 0.421. The van der Waals surface area contributed by atoms with E-state index in [9.17, 15) is 21.6 Å². The molecule has 2 heterocycles. The molecule has 1 aromatic heterocycles. The van der Waals surface area contributed by atoms with Crippen molar-refractivity contribution < 1.29 is 26.0 Å². The van der Waals surface area contributed by atoms with Crippen LogP contribution in [-0.4, -0.2) is 54.0 Å². The van der Waals surface area contributed by atoms with E-state index >= 15 is 0 Å². The molecule has 0 radical (unpaired) electrons. The Kier molecular flexibility index (Phi) is 6.10. The SMILES string of the molecule is Cc1cc(N2C(=O)[C@@H](C)CS2(=O)=O)ccc1S(=O)(=O)NC[C@@H](c1ccco1)N(C)C. The van der Waals surface area contributed by atoms with Crippen LogP contribution in [0.25, 0.3) is 0 Å². The Balaban J connectivity index is 1.84. The second-order valence-corrected chi connectivity index (χ2v) is 11.2.